The van der Waals surface area contributed by atoms with Gasteiger partial charge in [-0.15, -0.1) is 0 Å². The highest BCUT2D eigenvalue weighted by molar-refractivity contribution is 5.96. The van der Waals surface area contributed by atoms with E-state index < -0.39 is 0 Å². The summed E-state index contributed by atoms with van der Waals surface area (Å²) < 4.78 is 0. The largest absolute Gasteiger partial charge is 0.507 e. The zero-order valence-corrected chi connectivity index (χ0v) is 10.3. The Bertz CT molecular complexity index is 437. The number of aromatic hydroxyl groups is 1. The van der Waals surface area contributed by atoms with Crippen molar-refractivity contribution in [2.75, 3.05) is 0 Å². The molecule has 4 heteroatoms. The van der Waals surface area contributed by atoms with Crippen molar-refractivity contribution in [1.29, 1.82) is 0 Å². The Morgan fingerprint density at radius 2 is 2.00 bits per heavy atom. The zero-order chi connectivity index (χ0) is 12.8. The summed E-state index contributed by atoms with van der Waals surface area (Å²) in [7, 11) is 0. The molecule has 4 nitrogen and oxygen atoms in total. The number of benzene rings is 1. The second-order valence-corrected chi connectivity index (χ2v) is 4.63. The number of carbonyl (C=O) groups is 1. The molecule has 1 aromatic rings. The minimum absolute atomic E-state index is 0.0251. The predicted molar refractivity (Wildman–Crippen MR) is 70.6 cm³/mol. The molecule has 0 bridgehead atoms. The molecule has 0 aliphatic heterocycles. The van der Waals surface area contributed by atoms with E-state index in [9.17, 15) is 9.90 Å². The molecule has 0 atom stereocenters. The summed E-state index contributed by atoms with van der Waals surface area (Å²) >= 11 is 0. The Morgan fingerprint density at radius 1 is 1.28 bits per heavy atom. The minimum Gasteiger partial charge on any atom is -0.507 e. The maximum absolute atomic E-state index is 11.7. The van der Waals surface area contributed by atoms with Gasteiger partial charge >= 0.3 is 0 Å². The molecule has 96 valence electrons. The third kappa shape index (κ3) is 3.32. The molecule has 0 spiro atoms. The van der Waals surface area contributed by atoms with E-state index in [1.54, 1.807) is 18.2 Å². The van der Waals surface area contributed by atoms with E-state index in [-0.39, 0.29) is 17.2 Å². The van der Waals surface area contributed by atoms with E-state index in [2.05, 4.69) is 10.5 Å². The molecule has 1 amide bonds. The number of phenolic OH excluding ortho intramolecular Hbond substituents is 1. The first-order valence-corrected chi connectivity index (χ1v) is 6.39. The van der Waals surface area contributed by atoms with Crippen LogP contribution in [0.15, 0.2) is 29.4 Å². The number of rotatable bonds is 3. The first-order chi connectivity index (χ1) is 8.77. The second-order valence-electron chi connectivity index (χ2n) is 4.63. The Labute approximate surface area is 107 Å². The predicted octanol–water partition coefficient (Wildman–Crippen LogP) is 2.69. The van der Waals surface area contributed by atoms with Crippen LogP contribution in [0.4, 0.5) is 0 Å². The maximum atomic E-state index is 11.7. The van der Waals surface area contributed by atoms with Crippen LogP contribution in [0.3, 0.4) is 0 Å². The number of hydrogen-bond donors (Lipinski definition) is 2. The van der Waals surface area contributed by atoms with Crippen LogP contribution >= 0.6 is 0 Å². The van der Waals surface area contributed by atoms with Gasteiger partial charge in [0.15, 0.2) is 0 Å². The SMILES string of the molecule is O=C(N/N=C/C1CCCCC1)c1ccccc1O. The number of hydrogen-bond acceptors (Lipinski definition) is 3. The average Bonchev–Trinajstić information content (AvgIpc) is 2.40. The van der Waals surface area contributed by atoms with Gasteiger partial charge < -0.3 is 5.11 Å². The molecular formula is C14H18N2O2. The molecule has 0 radical (unpaired) electrons. The Hall–Kier alpha value is -1.84. The van der Waals surface area contributed by atoms with Gasteiger partial charge in [0.2, 0.25) is 0 Å². The maximum Gasteiger partial charge on any atom is 0.275 e. The number of carbonyl (C=O) groups excluding carboxylic acids is 1. The Morgan fingerprint density at radius 3 is 2.72 bits per heavy atom. The summed E-state index contributed by atoms with van der Waals surface area (Å²) in [6.07, 6.45) is 7.89. The second kappa shape index (κ2) is 6.19. The molecule has 1 aromatic carbocycles. The summed E-state index contributed by atoms with van der Waals surface area (Å²) in [4.78, 5) is 11.7. The van der Waals surface area contributed by atoms with Gasteiger partial charge in [-0.05, 0) is 30.9 Å². The van der Waals surface area contributed by atoms with Crippen LogP contribution in [0, 0.1) is 5.92 Å². The third-order valence-electron chi connectivity index (χ3n) is 3.25. The lowest BCUT2D eigenvalue weighted by molar-refractivity contribution is 0.0952. The van der Waals surface area contributed by atoms with Gasteiger partial charge in [0.25, 0.3) is 5.91 Å². The molecule has 1 saturated carbocycles. The molecule has 0 saturated heterocycles. The van der Waals surface area contributed by atoms with Crippen molar-refractivity contribution in [1.82, 2.24) is 5.43 Å². The highest BCUT2D eigenvalue weighted by Gasteiger charge is 2.12. The van der Waals surface area contributed by atoms with Gasteiger partial charge in [0, 0.05) is 6.21 Å². The summed E-state index contributed by atoms with van der Waals surface area (Å²) in [5.74, 6) is 0.0754. The monoisotopic (exact) mass is 246 g/mol. The molecule has 1 aliphatic rings. The van der Waals surface area contributed by atoms with Gasteiger partial charge in [-0.3, -0.25) is 4.79 Å². The summed E-state index contributed by atoms with van der Waals surface area (Å²) in [6.45, 7) is 0. The van der Waals surface area contributed by atoms with Crippen LogP contribution in [0.2, 0.25) is 0 Å². The standard InChI is InChI=1S/C14H18N2O2/c17-13-9-5-4-8-12(13)14(18)16-15-10-11-6-2-1-3-7-11/h4-5,8-11,17H,1-3,6-7H2,(H,16,18)/b15-10+. The van der Waals surface area contributed by atoms with Crippen LogP contribution in [0.5, 0.6) is 5.75 Å². The molecule has 1 aliphatic carbocycles. The molecule has 0 aromatic heterocycles. The topological polar surface area (TPSA) is 61.7 Å². The van der Waals surface area contributed by atoms with E-state index >= 15 is 0 Å². The summed E-state index contributed by atoms with van der Waals surface area (Å²) in [6, 6.07) is 6.44. The van der Waals surface area contributed by atoms with Crippen molar-refractivity contribution >= 4 is 12.1 Å². The van der Waals surface area contributed by atoms with Crippen LogP contribution in [-0.2, 0) is 0 Å². The lowest BCUT2D eigenvalue weighted by Crippen LogP contribution is -2.19. The fourth-order valence-corrected chi connectivity index (χ4v) is 2.21. The van der Waals surface area contributed by atoms with Crippen molar-refractivity contribution in [3.8, 4) is 5.75 Å². The van der Waals surface area contributed by atoms with Gasteiger partial charge in [-0.2, -0.15) is 5.10 Å². The zero-order valence-electron chi connectivity index (χ0n) is 10.3. The molecule has 2 rings (SSSR count). The number of amides is 1. The van der Waals surface area contributed by atoms with Gasteiger partial charge in [0.05, 0.1) is 5.56 Å². The lowest BCUT2D eigenvalue weighted by atomic mass is 9.90. The fourth-order valence-electron chi connectivity index (χ4n) is 2.21. The van der Waals surface area contributed by atoms with Crippen molar-refractivity contribution in [2.24, 2.45) is 11.0 Å². The molecule has 1 fully saturated rings. The highest BCUT2D eigenvalue weighted by Crippen LogP contribution is 2.21. The quantitative estimate of drug-likeness (QED) is 0.636. The number of hydrazone groups is 1. The number of nitrogens with zero attached hydrogens (tertiary/aromatic N) is 1. The number of para-hydroxylation sites is 1. The Kier molecular flexibility index (Phi) is 4.34. The van der Waals surface area contributed by atoms with E-state index in [1.165, 1.54) is 25.3 Å². The van der Waals surface area contributed by atoms with Crippen molar-refractivity contribution < 1.29 is 9.90 Å². The third-order valence-corrected chi connectivity index (χ3v) is 3.25. The summed E-state index contributed by atoms with van der Waals surface area (Å²) in [5.41, 5.74) is 2.71. The smallest absolute Gasteiger partial charge is 0.275 e. The number of phenols is 1. The van der Waals surface area contributed by atoms with E-state index in [0.29, 0.717) is 5.92 Å². The number of nitrogens with one attached hydrogen (secondary N) is 1. The van der Waals surface area contributed by atoms with Gasteiger partial charge in [-0.25, -0.2) is 5.43 Å². The van der Waals surface area contributed by atoms with E-state index in [1.807, 2.05) is 6.21 Å². The van der Waals surface area contributed by atoms with Crippen LogP contribution < -0.4 is 5.43 Å². The van der Waals surface area contributed by atoms with Crippen molar-refractivity contribution in [3.05, 3.63) is 29.8 Å². The lowest BCUT2D eigenvalue weighted by Gasteiger charge is -2.16. The summed E-state index contributed by atoms with van der Waals surface area (Å²) in [5, 5.41) is 13.5. The first-order valence-electron chi connectivity index (χ1n) is 6.39. The highest BCUT2D eigenvalue weighted by atomic mass is 16.3. The fraction of sp³-hybridized carbons (Fsp3) is 0.429. The normalized spacial score (nSPS) is 16.9. The van der Waals surface area contributed by atoms with Gasteiger partial charge in [-0.1, -0.05) is 31.4 Å². The average molecular weight is 246 g/mol. The van der Waals surface area contributed by atoms with Crippen molar-refractivity contribution in [3.63, 3.8) is 0 Å². The van der Waals surface area contributed by atoms with Crippen LogP contribution in [0.25, 0.3) is 0 Å². The molecule has 0 heterocycles. The molecular weight excluding hydrogens is 228 g/mol. The first kappa shape index (κ1) is 12.6. The molecule has 18 heavy (non-hydrogen) atoms. The molecule has 0 unspecified atom stereocenters. The van der Waals surface area contributed by atoms with Gasteiger partial charge in [0.1, 0.15) is 5.75 Å². The Balaban J connectivity index is 1.88. The van der Waals surface area contributed by atoms with Crippen molar-refractivity contribution in [2.45, 2.75) is 32.1 Å². The van der Waals surface area contributed by atoms with Crippen LogP contribution in [-0.4, -0.2) is 17.2 Å². The van der Waals surface area contributed by atoms with E-state index in [4.69, 9.17) is 0 Å². The van der Waals surface area contributed by atoms with E-state index in [0.717, 1.165) is 12.8 Å². The minimum atomic E-state index is -0.375. The molecule has 2 N–H and O–H groups in total. The van der Waals surface area contributed by atoms with Crippen LogP contribution in [0.1, 0.15) is 42.5 Å².